The average Bonchev–Trinajstić information content (AvgIpc) is 3.16. The SMILES string of the molecule is CC(C)CCCCCCCCC(c1ccccc1O)(c1ccccc1O)C(CCCCCCCC(C)C)(CCCCCCCC(C)C)CCCCCCCC(C)C. The summed E-state index contributed by atoms with van der Waals surface area (Å²) in [5, 5.41) is 24.1. The minimum Gasteiger partial charge on any atom is -0.508 e. The number of unbranched alkanes of at least 4 members (excludes halogenated alkanes) is 17. The van der Waals surface area contributed by atoms with Crippen LogP contribution >= 0.6 is 0 Å². The molecule has 2 N–H and O–H groups in total. The summed E-state index contributed by atoms with van der Waals surface area (Å²) in [6.45, 7) is 18.8. The molecular formula is C55H96O2. The van der Waals surface area contributed by atoms with E-state index >= 15 is 0 Å². The van der Waals surface area contributed by atoms with Crippen LogP contribution in [-0.4, -0.2) is 10.2 Å². The molecule has 2 rings (SSSR count). The van der Waals surface area contributed by atoms with Crippen molar-refractivity contribution in [1.29, 1.82) is 0 Å². The Morgan fingerprint density at radius 2 is 0.579 bits per heavy atom. The van der Waals surface area contributed by atoms with E-state index in [1.165, 1.54) is 154 Å². The van der Waals surface area contributed by atoms with Crippen molar-refractivity contribution in [3.05, 3.63) is 59.7 Å². The van der Waals surface area contributed by atoms with Gasteiger partial charge < -0.3 is 10.2 Å². The second-order valence-electron chi connectivity index (χ2n) is 20.4. The Labute approximate surface area is 356 Å². The molecule has 57 heavy (non-hydrogen) atoms. The lowest BCUT2D eigenvalue weighted by Crippen LogP contribution is -2.47. The maximum Gasteiger partial charge on any atom is 0.119 e. The van der Waals surface area contributed by atoms with Crippen molar-refractivity contribution in [2.24, 2.45) is 29.1 Å². The Hall–Kier alpha value is -1.96. The van der Waals surface area contributed by atoms with Crippen molar-refractivity contribution in [1.82, 2.24) is 0 Å². The number of aromatic hydroxyl groups is 2. The molecule has 0 spiro atoms. The number of para-hydroxylation sites is 2. The highest BCUT2D eigenvalue weighted by Gasteiger charge is 2.53. The van der Waals surface area contributed by atoms with Crippen molar-refractivity contribution < 1.29 is 10.2 Å². The summed E-state index contributed by atoms with van der Waals surface area (Å²) < 4.78 is 0. The first-order valence-corrected chi connectivity index (χ1v) is 25.0. The molecule has 0 atom stereocenters. The van der Waals surface area contributed by atoms with Gasteiger partial charge in [0.15, 0.2) is 0 Å². The van der Waals surface area contributed by atoms with Gasteiger partial charge in [0.05, 0.1) is 0 Å². The van der Waals surface area contributed by atoms with Crippen molar-refractivity contribution >= 4 is 0 Å². The van der Waals surface area contributed by atoms with E-state index < -0.39 is 5.41 Å². The first-order valence-electron chi connectivity index (χ1n) is 25.0. The maximum atomic E-state index is 12.1. The maximum absolute atomic E-state index is 12.1. The van der Waals surface area contributed by atoms with Gasteiger partial charge in [0.25, 0.3) is 0 Å². The molecule has 0 heterocycles. The van der Waals surface area contributed by atoms with E-state index in [1.807, 2.05) is 24.3 Å². The second kappa shape index (κ2) is 30.1. The van der Waals surface area contributed by atoms with Crippen LogP contribution in [0.5, 0.6) is 11.5 Å². The Morgan fingerprint density at radius 3 is 0.860 bits per heavy atom. The highest BCUT2D eigenvalue weighted by molar-refractivity contribution is 5.53. The minimum absolute atomic E-state index is 0.0598. The first kappa shape index (κ1) is 51.2. The molecule has 2 heteroatoms. The molecule has 2 aromatic rings. The first-order chi connectivity index (χ1) is 27.4. The van der Waals surface area contributed by atoms with Gasteiger partial charge in [-0.3, -0.25) is 0 Å². The molecule has 0 radical (unpaired) electrons. The molecule has 0 unspecified atom stereocenters. The topological polar surface area (TPSA) is 40.5 Å². The third-order valence-electron chi connectivity index (χ3n) is 13.5. The molecule has 328 valence electrons. The predicted molar refractivity (Wildman–Crippen MR) is 253 cm³/mol. The zero-order valence-electron chi connectivity index (χ0n) is 39.3. The summed E-state index contributed by atoms with van der Waals surface area (Å²) in [5.41, 5.74) is 1.60. The van der Waals surface area contributed by atoms with Crippen molar-refractivity contribution in [3.63, 3.8) is 0 Å². The Balaban J connectivity index is 2.63. The average molecular weight is 789 g/mol. The van der Waals surface area contributed by atoms with Gasteiger partial charge in [-0.2, -0.15) is 0 Å². The molecule has 2 aromatic carbocycles. The third kappa shape index (κ3) is 19.8. The summed E-state index contributed by atoms with van der Waals surface area (Å²) in [7, 11) is 0. The summed E-state index contributed by atoms with van der Waals surface area (Å²) in [4.78, 5) is 0. The van der Waals surface area contributed by atoms with Crippen LogP contribution in [0.4, 0.5) is 0 Å². The van der Waals surface area contributed by atoms with E-state index in [4.69, 9.17) is 0 Å². The summed E-state index contributed by atoms with van der Waals surface area (Å²) >= 11 is 0. The van der Waals surface area contributed by atoms with Crippen molar-refractivity contribution in [2.45, 2.75) is 247 Å². The zero-order valence-corrected chi connectivity index (χ0v) is 39.3. The molecule has 0 aromatic heterocycles. The van der Waals surface area contributed by atoms with E-state index in [-0.39, 0.29) is 5.41 Å². The number of hydrogen-bond acceptors (Lipinski definition) is 2. The van der Waals surface area contributed by atoms with Gasteiger partial charge in [-0.1, -0.05) is 252 Å². The molecule has 0 bridgehead atoms. The number of phenolic OH excluding ortho intramolecular Hbond substituents is 2. The minimum atomic E-state index is -0.464. The summed E-state index contributed by atoms with van der Waals surface area (Å²) in [6.07, 6.45) is 36.8. The number of benzene rings is 2. The quantitative estimate of drug-likeness (QED) is 0.0675. The smallest absolute Gasteiger partial charge is 0.119 e. The fraction of sp³-hybridized carbons (Fsp3) is 0.782. The Morgan fingerprint density at radius 1 is 0.333 bits per heavy atom. The molecule has 0 saturated heterocycles. The van der Waals surface area contributed by atoms with Gasteiger partial charge in [-0.15, -0.1) is 0 Å². The van der Waals surface area contributed by atoms with Gasteiger partial charge >= 0.3 is 0 Å². The van der Waals surface area contributed by atoms with Gasteiger partial charge in [0.2, 0.25) is 0 Å². The largest absolute Gasteiger partial charge is 0.508 e. The van der Waals surface area contributed by atoms with Crippen molar-refractivity contribution in [3.8, 4) is 11.5 Å². The van der Waals surface area contributed by atoms with E-state index in [9.17, 15) is 10.2 Å². The fourth-order valence-corrected chi connectivity index (χ4v) is 10.2. The number of phenols is 2. The van der Waals surface area contributed by atoms with Gasteiger partial charge in [0.1, 0.15) is 11.5 Å². The lowest BCUT2D eigenvalue weighted by Gasteiger charge is -2.53. The van der Waals surface area contributed by atoms with Gasteiger partial charge in [0, 0.05) is 16.5 Å². The van der Waals surface area contributed by atoms with E-state index in [2.05, 4.69) is 79.7 Å². The Bertz CT molecular complexity index is 1140. The van der Waals surface area contributed by atoms with Crippen LogP contribution in [0.2, 0.25) is 0 Å². The molecular weight excluding hydrogens is 693 g/mol. The molecule has 0 amide bonds. The molecule has 0 aliphatic carbocycles. The standard InChI is InChI=1S/C55H96O2/c1-46(2)34-22-14-9-10-21-33-45-55(50-38-26-28-40-52(50)56,51-39-27-29-41-53(51)57)54(42-30-18-11-15-23-35-47(3)4,43-31-19-12-16-24-36-48(5)6)44-32-20-13-17-25-37-49(7)8/h26-29,38-41,46-49,56-57H,9-25,30-37,42-45H2,1-8H3. The lowest BCUT2D eigenvalue weighted by molar-refractivity contribution is 0.0780. The predicted octanol–water partition coefficient (Wildman–Crippen LogP) is 18.3. The molecule has 0 aliphatic heterocycles. The number of hydrogen-bond donors (Lipinski definition) is 2. The van der Waals surface area contributed by atoms with Gasteiger partial charge in [-0.05, 0) is 66.9 Å². The van der Waals surface area contributed by atoms with Crippen molar-refractivity contribution in [2.75, 3.05) is 0 Å². The Kier molecular flexibility index (Phi) is 27.0. The monoisotopic (exact) mass is 789 g/mol. The highest BCUT2D eigenvalue weighted by Crippen LogP contribution is 2.61. The van der Waals surface area contributed by atoms with Crippen LogP contribution in [0.25, 0.3) is 0 Å². The second-order valence-corrected chi connectivity index (χ2v) is 20.4. The van der Waals surface area contributed by atoms with Crippen LogP contribution in [0.15, 0.2) is 48.5 Å². The zero-order chi connectivity index (χ0) is 41.8. The molecule has 0 saturated carbocycles. The van der Waals surface area contributed by atoms with Crippen LogP contribution in [0.3, 0.4) is 0 Å². The normalized spacial score (nSPS) is 12.6. The van der Waals surface area contributed by atoms with Gasteiger partial charge in [-0.25, -0.2) is 0 Å². The van der Waals surface area contributed by atoms with Crippen LogP contribution < -0.4 is 0 Å². The third-order valence-corrected chi connectivity index (χ3v) is 13.5. The van der Waals surface area contributed by atoms with Crippen LogP contribution in [0, 0.1) is 29.1 Å². The van der Waals surface area contributed by atoms with Crippen LogP contribution in [-0.2, 0) is 5.41 Å². The van der Waals surface area contributed by atoms with E-state index in [1.54, 1.807) is 0 Å². The molecule has 0 fully saturated rings. The van der Waals surface area contributed by atoms with Crippen LogP contribution in [0.1, 0.15) is 253 Å². The molecule has 2 nitrogen and oxygen atoms in total. The van der Waals surface area contributed by atoms with E-state index in [0.717, 1.165) is 66.9 Å². The lowest BCUT2D eigenvalue weighted by atomic mass is 9.49. The van der Waals surface area contributed by atoms with E-state index in [0.29, 0.717) is 11.5 Å². The number of rotatable bonds is 36. The summed E-state index contributed by atoms with van der Waals surface area (Å²) in [6, 6.07) is 16.7. The summed E-state index contributed by atoms with van der Waals surface area (Å²) in [5.74, 6) is 3.96. The molecule has 0 aliphatic rings. The fourth-order valence-electron chi connectivity index (χ4n) is 10.2. The highest BCUT2D eigenvalue weighted by atomic mass is 16.3.